The highest BCUT2D eigenvalue weighted by Gasteiger charge is 2.30. The number of thioether (sulfide) groups is 1. The Bertz CT molecular complexity index is 573. The van der Waals surface area contributed by atoms with Crippen molar-refractivity contribution in [2.75, 3.05) is 12.3 Å². The van der Waals surface area contributed by atoms with Crippen LogP contribution in [0.1, 0.15) is 31.1 Å². The smallest absolute Gasteiger partial charge is 0.323 e. The van der Waals surface area contributed by atoms with Gasteiger partial charge in [0.15, 0.2) is 0 Å². The van der Waals surface area contributed by atoms with Crippen LogP contribution in [-0.2, 0) is 4.79 Å². The molecule has 112 valence electrons. The van der Waals surface area contributed by atoms with Crippen molar-refractivity contribution in [2.45, 2.75) is 31.2 Å². The van der Waals surface area contributed by atoms with E-state index in [0.29, 0.717) is 10.5 Å². The lowest BCUT2D eigenvalue weighted by Gasteiger charge is -2.34. The minimum Gasteiger partial charge on any atom is -0.480 e. The van der Waals surface area contributed by atoms with Crippen LogP contribution in [-0.4, -0.2) is 39.7 Å². The monoisotopic (exact) mass is 306 g/mol. The van der Waals surface area contributed by atoms with Crippen LogP contribution in [0.3, 0.4) is 0 Å². The maximum Gasteiger partial charge on any atom is 0.323 e. The van der Waals surface area contributed by atoms with E-state index in [2.05, 4.69) is 0 Å². The lowest BCUT2D eigenvalue weighted by molar-refractivity contribution is -0.138. The molecule has 0 radical (unpaired) electrons. The molecule has 1 aromatic rings. The molecule has 0 heterocycles. The SMILES string of the molecule is CC(C)(C)N(CC(=O)O)C(=O)c1ccccc1SCC#N. The Morgan fingerprint density at radius 1 is 1.33 bits per heavy atom. The van der Waals surface area contributed by atoms with Crippen LogP contribution in [0.5, 0.6) is 0 Å². The predicted octanol–water partition coefficient (Wildman–Crippen LogP) is 2.63. The number of aliphatic carboxylic acids is 1. The third-order valence-corrected chi connectivity index (χ3v) is 3.70. The lowest BCUT2D eigenvalue weighted by atomic mass is 10.0. The topological polar surface area (TPSA) is 81.4 Å². The first-order valence-electron chi connectivity index (χ1n) is 6.40. The summed E-state index contributed by atoms with van der Waals surface area (Å²) in [6.07, 6.45) is 0. The maximum atomic E-state index is 12.7. The van der Waals surface area contributed by atoms with Crippen LogP contribution in [0.15, 0.2) is 29.2 Å². The second kappa shape index (κ2) is 7.14. The second-order valence-corrected chi connectivity index (χ2v) is 6.42. The number of amides is 1. The summed E-state index contributed by atoms with van der Waals surface area (Å²) in [6, 6.07) is 8.95. The molecular formula is C15H18N2O3S. The summed E-state index contributed by atoms with van der Waals surface area (Å²) < 4.78 is 0. The molecule has 0 saturated carbocycles. The molecule has 0 fully saturated rings. The van der Waals surface area contributed by atoms with Crippen molar-refractivity contribution in [3.05, 3.63) is 29.8 Å². The molecule has 0 bridgehead atoms. The summed E-state index contributed by atoms with van der Waals surface area (Å²) in [4.78, 5) is 25.7. The number of hydrogen-bond donors (Lipinski definition) is 1. The number of carbonyl (C=O) groups excluding carboxylic acids is 1. The van der Waals surface area contributed by atoms with Crippen molar-refractivity contribution >= 4 is 23.6 Å². The fraction of sp³-hybridized carbons (Fsp3) is 0.400. The number of carbonyl (C=O) groups is 2. The van der Waals surface area contributed by atoms with Gasteiger partial charge in [-0.2, -0.15) is 5.26 Å². The molecule has 0 spiro atoms. The van der Waals surface area contributed by atoms with Gasteiger partial charge in [-0.3, -0.25) is 9.59 Å². The van der Waals surface area contributed by atoms with Crippen LogP contribution in [0.25, 0.3) is 0 Å². The van der Waals surface area contributed by atoms with Crippen molar-refractivity contribution in [1.82, 2.24) is 4.90 Å². The van der Waals surface area contributed by atoms with Crippen LogP contribution in [0.2, 0.25) is 0 Å². The number of carboxylic acids is 1. The van der Waals surface area contributed by atoms with Crippen molar-refractivity contribution in [3.63, 3.8) is 0 Å². The molecule has 0 aliphatic heterocycles. The Kier molecular flexibility index (Phi) is 5.79. The minimum atomic E-state index is -1.06. The highest BCUT2D eigenvalue weighted by Crippen LogP contribution is 2.26. The van der Waals surface area contributed by atoms with E-state index in [1.807, 2.05) is 6.07 Å². The van der Waals surface area contributed by atoms with Crippen LogP contribution in [0, 0.1) is 11.3 Å². The number of carboxylic acid groups (broad SMARTS) is 1. The van der Waals surface area contributed by atoms with E-state index in [0.717, 1.165) is 0 Å². The first-order valence-corrected chi connectivity index (χ1v) is 7.38. The first-order chi connectivity index (χ1) is 9.77. The highest BCUT2D eigenvalue weighted by atomic mass is 32.2. The van der Waals surface area contributed by atoms with Crippen molar-refractivity contribution in [2.24, 2.45) is 0 Å². The van der Waals surface area contributed by atoms with Gasteiger partial charge in [-0.15, -0.1) is 11.8 Å². The van der Waals surface area contributed by atoms with Gasteiger partial charge in [-0.25, -0.2) is 0 Å². The molecule has 0 atom stereocenters. The van der Waals surface area contributed by atoms with Gasteiger partial charge in [0.05, 0.1) is 17.4 Å². The fourth-order valence-electron chi connectivity index (χ4n) is 1.77. The predicted molar refractivity (Wildman–Crippen MR) is 81.2 cm³/mol. The molecule has 0 saturated heterocycles. The molecule has 1 amide bonds. The van der Waals surface area contributed by atoms with E-state index in [1.165, 1.54) is 16.7 Å². The van der Waals surface area contributed by atoms with E-state index in [4.69, 9.17) is 10.4 Å². The maximum absolute atomic E-state index is 12.7. The van der Waals surface area contributed by atoms with Crippen molar-refractivity contribution < 1.29 is 14.7 Å². The Hall–Kier alpha value is -2.00. The van der Waals surface area contributed by atoms with E-state index in [1.54, 1.807) is 45.0 Å². The minimum absolute atomic E-state index is 0.235. The summed E-state index contributed by atoms with van der Waals surface area (Å²) in [5.74, 6) is -1.16. The average molecular weight is 306 g/mol. The normalized spacial score (nSPS) is 10.8. The molecule has 0 aliphatic carbocycles. The number of benzene rings is 1. The average Bonchev–Trinajstić information content (AvgIpc) is 2.40. The Morgan fingerprint density at radius 3 is 2.48 bits per heavy atom. The zero-order valence-electron chi connectivity index (χ0n) is 12.3. The Morgan fingerprint density at radius 2 is 1.95 bits per heavy atom. The third kappa shape index (κ3) is 4.80. The summed E-state index contributed by atoms with van der Waals surface area (Å²) in [7, 11) is 0. The number of rotatable bonds is 5. The van der Waals surface area contributed by atoms with E-state index >= 15 is 0 Å². The van der Waals surface area contributed by atoms with E-state index in [9.17, 15) is 9.59 Å². The van der Waals surface area contributed by atoms with Crippen molar-refractivity contribution in [1.29, 1.82) is 5.26 Å². The van der Waals surface area contributed by atoms with Gasteiger partial charge >= 0.3 is 5.97 Å². The molecule has 1 N–H and O–H groups in total. The van der Waals surface area contributed by atoms with Gasteiger partial charge in [0.25, 0.3) is 5.91 Å². The summed E-state index contributed by atoms with van der Waals surface area (Å²) in [5.41, 5.74) is -0.184. The molecule has 0 unspecified atom stereocenters. The van der Waals surface area contributed by atoms with E-state index in [-0.39, 0.29) is 18.2 Å². The molecule has 5 nitrogen and oxygen atoms in total. The number of nitrogens with zero attached hydrogens (tertiary/aromatic N) is 2. The van der Waals surface area contributed by atoms with Gasteiger partial charge < -0.3 is 10.0 Å². The number of nitriles is 1. The molecule has 0 aromatic heterocycles. The summed E-state index contributed by atoms with van der Waals surface area (Å²) in [6.45, 7) is 5.01. The van der Waals surface area contributed by atoms with Gasteiger partial charge in [-0.05, 0) is 32.9 Å². The van der Waals surface area contributed by atoms with Gasteiger partial charge in [0, 0.05) is 10.4 Å². The Labute approximate surface area is 128 Å². The van der Waals surface area contributed by atoms with Gasteiger partial charge in [0.1, 0.15) is 6.54 Å². The molecule has 1 rings (SSSR count). The highest BCUT2D eigenvalue weighted by molar-refractivity contribution is 7.99. The van der Waals surface area contributed by atoms with Crippen LogP contribution < -0.4 is 0 Å². The molecule has 21 heavy (non-hydrogen) atoms. The van der Waals surface area contributed by atoms with Crippen LogP contribution >= 0.6 is 11.8 Å². The summed E-state index contributed by atoms with van der Waals surface area (Å²) >= 11 is 1.27. The fourth-order valence-corrected chi connectivity index (χ4v) is 2.48. The van der Waals surface area contributed by atoms with Gasteiger partial charge in [-0.1, -0.05) is 12.1 Å². The second-order valence-electron chi connectivity index (χ2n) is 5.40. The quantitative estimate of drug-likeness (QED) is 0.846. The first kappa shape index (κ1) is 17.1. The standard InChI is InChI=1S/C15H18N2O3S/c1-15(2,3)17(10-13(18)19)14(20)11-6-4-5-7-12(11)21-9-8-16/h4-7H,9-10H2,1-3H3,(H,18,19). The largest absolute Gasteiger partial charge is 0.480 e. The Balaban J connectivity index is 3.15. The van der Waals surface area contributed by atoms with Crippen molar-refractivity contribution in [3.8, 4) is 6.07 Å². The van der Waals surface area contributed by atoms with Crippen LogP contribution in [0.4, 0.5) is 0 Å². The zero-order valence-corrected chi connectivity index (χ0v) is 13.1. The molecule has 0 aliphatic rings. The van der Waals surface area contributed by atoms with E-state index < -0.39 is 11.5 Å². The summed E-state index contributed by atoms with van der Waals surface area (Å²) in [5, 5.41) is 17.7. The lowest BCUT2D eigenvalue weighted by Crippen LogP contribution is -2.48. The van der Waals surface area contributed by atoms with Gasteiger partial charge in [0.2, 0.25) is 0 Å². The molecule has 6 heteroatoms. The number of hydrogen-bond acceptors (Lipinski definition) is 4. The molecular weight excluding hydrogens is 288 g/mol. The molecule has 1 aromatic carbocycles. The third-order valence-electron chi connectivity index (χ3n) is 2.76. The zero-order chi connectivity index (χ0) is 16.0.